The molecule has 35 heavy (non-hydrogen) atoms. The van der Waals surface area contributed by atoms with E-state index in [1.807, 2.05) is 11.0 Å². The summed E-state index contributed by atoms with van der Waals surface area (Å²) in [6.45, 7) is 9.12. The molecule has 0 saturated heterocycles. The predicted octanol–water partition coefficient (Wildman–Crippen LogP) is 4.93. The Kier molecular flexibility index (Phi) is 7.09. The van der Waals surface area contributed by atoms with Gasteiger partial charge in [0.05, 0.1) is 16.2 Å². The number of nitrogens with one attached hydrogen (secondary N) is 1. The number of rotatable bonds is 7. The monoisotopic (exact) mass is 496 g/mol. The molecule has 0 bridgehead atoms. The lowest BCUT2D eigenvalue weighted by molar-refractivity contribution is 0.0535. The van der Waals surface area contributed by atoms with Gasteiger partial charge in [0.1, 0.15) is 0 Å². The van der Waals surface area contributed by atoms with Gasteiger partial charge in [0.25, 0.3) is 11.8 Å². The van der Waals surface area contributed by atoms with Crippen molar-refractivity contribution in [2.45, 2.75) is 70.4 Å². The molecule has 0 spiro atoms. The van der Waals surface area contributed by atoms with E-state index in [0.717, 1.165) is 36.4 Å². The molecule has 2 aromatic carbocycles. The fourth-order valence-corrected chi connectivity index (χ4v) is 6.17. The van der Waals surface area contributed by atoms with Crippen LogP contribution in [0.3, 0.4) is 0 Å². The van der Waals surface area contributed by atoms with Crippen LogP contribution in [0.25, 0.3) is 0 Å². The normalized spacial score (nSPS) is 21.6. The van der Waals surface area contributed by atoms with E-state index in [1.165, 1.54) is 12.8 Å². The van der Waals surface area contributed by atoms with Gasteiger partial charge in [-0.15, -0.1) is 0 Å². The molecule has 0 atom stereocenters. The first-order valence-corrected chi connectivity index (χ1v) is 14.2. The van der Waals surface area contributed by atoms with Crippen molar-refractivity contribution in [2.75, 3.05) is 12.3 Å². The molecule has 188 valence electrons. The van der Waals surface area contributed by atoms with E-state index >= 15 is 0 Å². The Balaban J connectivity index is 1.44. The zero-order chi connectivity index (χ0) is 25.4. The fraction of sp³-hybridized carbons (Fsp3) is 0.500. The number of hydrogen-bond acceptors (Lipinski definition) is 4. The summed E-state index contributed by atoms with van der Waals surface area (Å²) < 4.78 is 24.0. The maximum absolute atomic E-state index is 13.4. The van der Waals surface area contributed by atoms with Crippen LogP contribution in [0.1, 0.15) is 85.2 Å². The SMILES string of the molecule is CCS(=O)(=O)c1ccc(CNC(=O)c2ccc3c(c2)C(=O)N(CC2CCC(C)CC2)C3(C)C)cc1. The first-order valence-electron chi connectivity index (χ1n) is 12.6. The molecule has 1 N–H and O–H groups in total. The highest BCUT2D eigenvalue weighted by Crippen LogP contribution is 2.41. The van der Waals surface area contributed by atoms with Gasteiger partial charge in [-0.05, 0) is 73.9 Å². The van der Waals surface area contributed by atoms with E-state index in [-0.39, 0.29) is 29.0 Å². The van der Waals surface area contributed by atoms with Gasteiger partial charge in [0.15, 0.2) is 9.84 Å². The lowest BCUT2D eigenvalue weighted by atomic mass is 9.82. The molecule has 0 radical (unpaired) electrons. The highest BCUT2D eigenvalue weighted by molar-refractivity contribution is 7.91. The average molecular weight is 497 g/mol. The van der Waals surface area contributed by atoms with E-state index in [9.17, 15) is 18.0 Å². The molecule has 1 fully saturated rings. The number of hydrogen-bond donors (Lipinski definition) is 1. The molecule has 1 heterocycles. The predicted molar refractivity (Wildman–Crippen MR) is 137 cm³/mol. The van der Waals surface area contributed by atoms with Crippen molar-refractivity contribution in [3.8, 4) is 0 Å². The minimum absolute atomic E-state index is 0.00555. The zero-order valence-electron chi connectivity index (χ0n) is 21.1. The molecule has 1 aliphatic carbocycles. The van der Waals surface area contributed by atoms with Gasteiger partial charge in [-0.3, -0.25) is 9.59 Å². The van der Waals surface area contributed by atoms with E-state index < -0.39 is 15.4 Å². The maximum Gasteiger partial charge on any atom is 0.254 e. The Hall–Kier alpha value is -2.67. The second kappa shape index (κ2) is 9.76. The summed E-state index contributed by atoms with van der Waals surface area (Å²) in [5, 5.41) is 2.88. The van der Waals surface area contributed by atoms with Crippen molar-refractivity contribution in [3.63, 3.8) is 0 Å². The van der Waals surface area contributed by atoms with Gasteiger partial charge in [0, 0.05) is 24.2 Å². The Morgan fingerprint density at radius 3 is 2.34 bits per heavy atom. The topological polar surface area (TPSA) is 83.5 Å². The quantitative estimate of drug-likeness (QED) is 0.589. The van der Waals surface area contributed by atoms with Crippen LogP contribution in [0, 0.1) is 11.8 Å². The summed E-state index contributed by atoms with van der Waals surface area (Å²) in [7, 11) is -3.25. The molecular weight excluding hydrogens is 460 g/mol. The highest BCUT2D eigenvalue weighted by Gasteiger charge is 2.44. The average Bonchev–Trinajstić information content (AvgIpc) is 3.04. The molecule has 7 heteroatoms. The lowest BCUT2D eigenvalue weighted by Gasteiger charge is -2.37. The maximum atomic E-state index is 13.4. The molecule has 0 unspecified atom stereocenters. The second-order valence-corrected chi connectivity index (χ2v) is 12.9. The van der Waals surface area contributed by atoms with Crippen LogP contribution in [0.15, 0.2) is 47.4 Å². The van der Waals surface area contributed by atoms with Crippen LogP contribution in [0.2, 0.25) is 0 Å². The number of carbonyl (C=O) groups is 2. The molecule has 2 aromatic rings. The summed E-state index contributed by atoms with van der Waals surface area (Å²) in [4.78, 5) is 28.5. The Morgan fingerprint density at radius 2 is 1.71 bits per heavy atom. The molecule has 1 saturated carbocycles. The molecule has 6 nitrogen and oxygen atoms in total. The van der Waals surface area contributed by atoms with Crippen molar-refractivity contribution in [2.24, 2.45) is 11.8 Å². The number of carbonyl (C=O) groups excluding carboxylic acids is 2. The molecular formula is C28H36N2O4S. The van der Waals surface area contributed by atoms with E-state index in [0.29, 0.717) is 17.0 Å². The van der Waals surface area contributed by atoms with E-state index in [1.54, 1.807) is 43.3 Å². The Morgan fingerprint density at radius 1 is 1.06 bits per heavy atom. The van der Waals surface area contributed by atoms with Crippen LogP contribution < -0.4 is 5.32 Å². The lowest BCUT2D eigenvalue weighted by Crippen LogP contribution is -2.42. The van der Waals surface area contributed by atoms with Crippen molar-refractivity contribution < 1.29 is 18.0 Å². The van der Waals surface area contributed by atoms with Crippen LogP contribution in [0.4, 0.5) is 0 Å². The summed E-state index contributed by atoms with van der Waals surface area (Å²) in [5.74, 6) is 1.10. The number of fused-ring (bicyclic) bond motifs is 1. The molecule has 2 amide bonds. The minimum Gasteiger partial charge on any atom is -0.348 e. The summed E-state index contributed by atoms with van der Waals surface area (Å²) in [5.41, 5.74) is 2.44. The Bertz CT molecular complexity index is 1210. The number of sulfone groups is 1. The van der Waals surface area contributed by atoms with E-state index in [2.05, 4.69) is 26.1 Å². The van der Waals surface area contributed by atoms with Gasteiger partial charge in [0.2, 0.25) is 0 Å². The van der Waals surface area contributed by atoms with Gasteiger partial charge < -0.3 is 10.2 Å². The van der Waals surface area contributed by atoms with E-state index in [4.69, 9.17) is 0 Å². The summed E-state index contributed by atoms with van der Waals surface area (Å²) >= 11 is 0. The zero-order valence-corrected chi connectivity index (χ0v) is 22.0. The second-order valence-electron chi connectivity index (χ2n) is 10.6. The van der Waals surface area contributed by atoms with Gasteiger partial charge in [-0.1, -0.05) is 44.9 Å². The van der Waals surface area contributed by atoms with Gasteiger partial charge in [-0.2, -0.15) is 0 Å². The third-order valence-electron chi connectivity index (χ3n) is 7.78. The number of amides is 2. The van der Waals surface area contributed by atoms with Crippen molar-refractivity contribution in [3.05, 3.63) is 64.7 Å². The number of nitrogens with zero attached hydrogens (tertiary/aromatic N) is 1. The smallest absolute Gasteiger partial charge is 0.254 e. The van der Waals surface area contributed by atoms with Crippen molar-refractivity contribution in [1.29, 1.82) is 0 Å². The van der Waals surface area contributed by atoms with Crippen molar-refractivity contribution in [1.82, 2.24) is 10.2 Å². The summed E-state index contributed by atoms with van der Waals surface area (Å²) in [6.07, 6.45) is 4.77. The first kappa shape index (κ1) is 25.4. The standard InChI is InChI=1S/C28H36N2O4S/c1-5-35(33,34)23-13-10-20(11-14-23)17-29-26(31)22-12-15-25-24(16-22)27(32)30(28(25,3)4)18-21-8-6-19(2)7-9-21/h10-16,19,21H,5-9,17-18H2,1-4H3,(H,29,31). The molecule has 0 aromatic heterocycles. The van der Waals surface area contributed by atoms with Crippen LogP contribution in [-0.4, -0.2) is 37.4 Å². The van der Waals surface area contributed by atoms with Gasteiger partial charge in [-0.25, -0.2) is 8.42 Å². The number of benzene rings is 2. The van der Waals surface area contributed by atoms with Crippen LogP contribution in [-0.2, 0) is 21.9 Å². The first-order chi connectivity index (χ1) is 16.5. The van der Waals surface area contributed by atoms with Crippen molar-refractivity contribution >= 4 is 21.7 Å². The molecule has 4 rings (SSSR count). The fourth-order valence-electron chi connectivity index (χ4n) is 5.29. The minimum atomic E-state index is -3.25. The summed E-state index contributed by atoms with van der Waals surface area (Å²) in [6, 6.07) is 12.0. The molecule has 2 aliphatic rings. The van der Waals surface area contributed by atoms with Crippen LogP contribution >= 0.6 is 0 Å². The van der Waals surface area contributed by atoms with Gasteiger partial charge >= 0.3 is 0 Å². The third-order valence-corrected chi connectivity index (χ3v) is 9.53. The van der Waals surface area contributed by atoms with Crippen LogP contribution in [0.5, 0.6) is 0 Å². The largest absolute Gasteiger partial charge is 0.348 e. The molecule has 1 aliphatic heterocycles. The highest BCUT2D eigenvalue weighted by atomic mass is 32.2. The third kappa shape index (κ3) is 5.15. The Labute approximate surface area is 209 Å².